The summed E-state index contributed by atoms with van der Waals surface area (Å²) in [6, 6.07) is 11.6. The average molecular weight is 344 g/mol. The highest BCUT2D eigenvalue weighted by molar-refractivity contribution is 5.79. The Hall–Kier alpha value is -2.27. The zero-order chi connectivity index (χ0) is 17.8. The van der Waals surface area contributed by atoms with Crippen molar-refractivity contribution in [2.45, 2.75) is 37.8 Å². The van der Waals surface area contributed by atoms with Crippen molar-refractivity contribution in [2.75, 3.05) is 0 Å². The van der Waals surface area contributed by atoms with Crippen LogP contribution in [0.25, 0.3) is 0 Å². The van der Waals surface area contributed by atoms with Gasteiger partial charge in [0.1, 0.15) is 11.6 Å². The molecule has 0 saturated heterocycles. The number of amides is 1. The van der Waals surface area contributed by atoms with Crippen molar-refractivity contribution in [1.29, 1.82) is 0 Å². The van der Waals surface area contributed by atoms with E-state index in [-0.39, 0.29) is 29.5 Å². The van der Waals surface area contributed by atoms with E-state index in [1.54, 1.807) is 24.3 Å². The maximum atomic E-state index is 13.3. The number of benzene rings is 2. The third kappa shape index (κ3) is 4.42. The molecule has 0 spiro atoms. The monoisotopic (exact) mass is 344 g/mol. The molecule has 3 N–H and O–H groups in total. The van der Waals surface area contributed by atoms with Gasteiger partial charge in [0.2, 0.25) is 5.91 Å². The lowest BCUT2D eigenvalue weighted by Crippen LogP contribution is -2.39. The number of carbonyl (C=O) groups excluding carboxylic acids is 1. The topological polar surface area (TPSA) is 55.1 Å². The fourth-order valence-electron chi connectivity index (χ4n) is 3.40. The summed E-state index contributed by atoms with van der Waals surface area (Å²) < 4.78 is 26.5. The van der Waals surface area contributed by atoms with E-state index in [4.69, 9.17) is 5.73 Å². The van der Waals surface area contributed by atoms with Crippen molar-refractivity contribution in [3.05, 3.63) is 71.3 Å². The molecule has 1 aliphatic rings. The van der Waals surface area contributed by atoms with E-state index >= 15 is 0 Å². The Morgan fingerprint density at radius 2 is 1.48 bits per heavy atom. The molecule has 132 valence electrons. The van der Waals surface area contributed by atoms with Gasteiger partial charge in [0.25, 0.3) is 0 Å². The van der Waals surface area contributed by atoms with E-state index in [2.05, 4.69) is 5.32 Å². The van der Waals surface area contributed by atoms with Crippen molar-refractivity contribution in [1.82, 2.24) is 5.32 Å². The second-order valence-electron chi connectivity index (χ2n) is 6.67. The molecule has 1 amide bonds. The van der Waals surface area contributed by atoms with Crippen LogP contribution in [0.2, 0.25) is 0 Å². The molecule has 2 aromatic rings. The largest absolute Gasteiger partial charge is 0.345 e. The summed E-state index contributed by atoms with van der Waals surface area (Å²) in [6.45, 7) is 0. The third-order valence-corrected chi connectivity index (χ3v) is 4.78. The van der Waals surface area contributed by atoms with Crippen LogP contribution in [-0.2, 0) is 4.79 Å². The van der Waals surface area contributed by atoms with Gasteiger partial charge in [-0.3, -0.25) is 4.79 Å². The summed E-state index contributed by atoms with van der Waals surface area (Å²) in [4.78, 5) is 12.7. The molecule has 0 bridgehead atoms. The summed E-state index contributed by atoms with van der Waals surface area (Å²) in [5, 5.41) is 3.04. The second-order valence-corrected chi connectivity index (χ2v) is 6.67. The predicted molar refractivity (Wildman–Crippen MR) is 92.7 cm³/mol. The van der Waals surface area contributed by atoms with E-state index in [9.17, 15) is 13.6 Å². The van der Waals surface area contributed by atoms with Crippen LogP contribution in [-0.4, -0.2) is 11.9 Å². The Balaban J connectivity index is 1.84. The van der Waals surface area contributed by atoms with Crippen LogP contribution in [0.4, 0.5) is 8.78 Å². The lowest BCUT2D eigenvalue weighted by Gasteiger charge is -2.28. The van der Waals surface area contributed by atoms with Gasteiger partial charge in [0.05, 0.1) is 6.04 Å². The summed E-state index contributed by atoms with van der Waals surface area (Å²) in [5.41, 5.74) is 7.49. The Labute approximate surface area is 146 Å². The molecule has 1 saturated carbocycles. The highest BCUT2D eigenvalue weighted by Crippen LogP contribution is 2.27. The summed E-state index contributed by atoms with van der Waals surface area (Å²) >= 11 is 0. The number of halogens is 2. The Morgan fingerprint density at radius 1 is 0.960 bits per heavy atom. The predicted octanol–water partition coefficient (Wildman–Crippen LogP) is 3.69. The molecular weight excluding hydrogens is 322 g/mol. The van der Waals surface area contributed by atoms with Crippen molar-refractivity contribution in [2.24, 2.45) is 11.7 Å². The van der Waals surface area contributed by atoms with Gasteiger partial charge in [-0.15, -0.1) is 0 Å². The quantitative estimate of drug-likeness (QED) is 0.889. The van der Waals surface area contributed by atoms with Crippen molar-refractivity contribution < 1.29 is 13.6 Å². The molecule has 0 heterocycles. The molecule has 2 atom stereocenters. The van der Waals surface area contributed by atoms with Crippen LogP contribution in [0.3, 0.4) is 0 Å². The molecule has 1 fully saturated rings. The van der Waals surface area contributed by atoms with Crippen LogP contribution < -0.4 is 11.1 Å². The van der Waals surface area contributed by atoms with Crippen LogP contribution >= 0.6 is 0 Å². The second kappa shape index (κ2) is 7.74. The molecule has 2 aromatic carbocycles. The first-order valence-electron chi connectivity index (χ1n) is 8.60. The lowest BCUT2D eigenvalue weighted by atomic mass is 9.85. The van der Waals surface area contributed by atoms with Gasteiger partial charge in [-0.05, 0) is 54.7 Å². The summed E-state index contributed by atoms with van der Waals surface area (Å²) in [7, 11) is 0. The zero-order valence-corrected chi connectivity index (χ0v) is 13.9. The fourth-order valence-corrected chi connectivity index (χ4v) is 3.40. The van der Waals surface area contributed by atoms with Gasteiger partial charge in [-0.25, -0.2) is 8.78 Å². The Bertz CT molecular complexity index is 670. The van der Waals surface area contributed by atoms with Gasteiger partial charge < -0.3 is 11.1 Å². The van der Waals surface area contributed by atoms with Crippen LogP contribution in [0.5, 0.6) is 0 Å². The van der Waals surface area contributed by atoms with Gasteiger partial charge >= 0.3 is 0 Å². The Kier molecular flexibility index (Phi) is 5.43. The standard InChI is InChI=1S/C20H22F2N2O/c21-16-8-4-13(5-9-16)19(14-6-10-17(22)11-7-14)24-20(25)15-2-1-3-18(23)12-15/h4-11,15,18-19H,1-3,12,23H2,(H,24,25). The van der Waals surface area contributed by atoms with E-state index < -0.39 is 6.04 Å². The van der Waals surface area contributed by atoms with Gasteiger partial charge in [0, 0.05) is 12.0 Å². The van der Waals surface area contributed by atoms with Crippen LogP contribution in [0.15, 0.2) is 48.5 Å². The van der Waals surface area contributed by atoms with Crippen molar-refractivity contribution >= 4 is 5.91 Å². The minimum Gasteiger partial charge on any atom is -0.345 e. The zero-order valence-electron chi connectivity index (χ0n) is 13.9. The first kappa shape index (κ1) is 17.5. The first-order valence-corrected chi connectivity index (χ1v) is 8.60. The van der Waals surface area contributed by atoms with Gasteiger partial charge in [-0.1, -0.05) is 30.7 Å². The van der Waals surface area contributed by atoms with E-state index in [1.165, 1.54) is 24.3 Å². The average Bonchev–Trinajstić information content (AvgIpc) is 2.61. The van der Waals surface area contributed by atoms with Crippen molar-refractivity contribution in [3.8, 4) is 0 Å². The van der Waals surface area contributed by atoms with Gasteiger partial charge in [0.15, 0.2) is 0 Å². The number of carbonyl (C=O) groups is 1. The Morgan fingerprint density at radius 3 is 1.96 bits per heavy atom. The number of hydrogen-bond acceptors (Lipinski definition) is 2. The maximum absolute atomic E-state index is 13.3. The van der Waals surface area contributed by atoms with Crippen molar-refractivity contribution in [3.63, 3.8) is 0 Å². The number of nitrogens with one attached hydrogen (secondary N) is 1. The van der Waals surface area contributed by atoms with Crippen LogP contribution in [0, 0.1) is 17.6 Å². The number of nitrogens with two attached hydrogens (primary N) is 1. The minimum absolute atomic E-state index is 0.0552. The molecule has 3 rings (SSSR count). The summed E-state index contributed by atoms with van der Waals surface area (Å²) in [6.07, 6.45) is 3.38. The molecule has 0 aliphatic heterocycles. The third-order valence-electron chi connectivity index (χ3n) is 4.78. The molecule has 1 aliphatic carbocycles. The highest BCUT2D eigenvalue weighted by Gasteiger charge is 2.27. The number of rotatable bonds is 4. The molecule has 25 heavy (non-hydrogen) atoms. The molecular formula is C20H22F2N2O. The SMILES string of the molecule is NC1CCCC(C(=O)NC(c2ccc(F)cc2)c2ccc(F)cc2)C1. The summed E-state index contributed by atoms with van der Waals surface area (Å²) in [5.74, 6) is -0.863. The molecule has 3 nitrogen and oxygen atoms in total. The van der Waals surface area contributed by atoms with E-state index in [0.29, 0.717) is 6.42 Å². The maximum Gasteiger partial charge on any atom is 0.223 e. The molecule has 0 radical (unpaired) electrons. The normalized spacial score (nSPS) is 20.5. The van der Waals surface area contributed by atoms with E-state index in [1.807, 2.05) is 0 Å². The molecule has 5 heteroatoms. The van der Waals surface area contributed by atoms with Crippen LogP contribution in [0.1, 0.15) is 42.9 Å². The smallest absolute Gasteiger partial charge is 0.223 e. The van der Waals surface area contributed by atoms with E-state index in [0.717, 1.165) is 30.4 Å². The fraction of sp³-hybridized carbons (Fsp3) is 0.350. The number of hydrogen-bond donors (Lipinski definition) is 2. The minimum atomic E-state index is -0.452. The molecule has 2 unspecified atom stereocenters. The van der Waals surface area contributed by atoms with Gasteiger partial charge in [-0.2, -0.15) is 0 Å². The highest BCUT2D eigenvalue weighted by atomic mass is 19.1. The first-order chi connectivity index (χ1) is 12.0. The molecule has 0 aromatic heterocycles. The lowest BCUT2D eigenvalue weighted by molar-refractivity contribution is -0.126.